The van der Waals surface area contributed by atoms with E-state index in [9.17, 15) is 14.0 Å². The molecular formula is C19H26ClFN2O3. The second kappa shape index (κ2) is 8.82. The van der Waals surface area contributed by atoms with Crippen molar-refractivity contribution in [2.45, 2.75) is 32.1 Å². The Morgan fingerprint density at radius 1 is 1.23 bits per heavy atom. The van der Waals surface area contributed by atoms with Crippen LogP contribution in [0.3, 0.4) is 0 Å². The molecule has 1 aromatic carbocycles. The molecule has 0 bridgehead atoms. The molecule has 7 heteroatoms. The van der Waals surface area contributed by atoms with Gasteiger partial charge in [-0.3, -0.25) is 9.59 Å². The van der Waals surface area contributed by atoms with Crippen molar-refractivity contribution in [3.63, 3.8) is 0 Å². The summed E-state index contributed by atoms with van der Waals surface area (Å²) in [6.45, 7) is 3.66. The maximum atomic E-state index is 13.7. The van der Waals surface area contributed by atoms with E-state index in [1.807, 2.05) is 4.90 Å². The van der Waals surface area contributed by atoms with Crippen molar-refractivity contribution in [1.82, 2.24) is 10.2 Å². The number of hydrogen-bond acceptors (Lipinski definition) is 4. The largest absolute Gasteiger partial charge is 0.494 e. The first-order chi connectivity index (χ1) is 12.0. The molecule has 1 amide bonds. The predicted molar refractivity (Wildman–Crippen MR) is 99.5 cm³/mol. The minimum atomic E-state index is -0.564. The summed E-state index contributed by atoms with van der Waals surface area (Å²) >= 11 is 0. The quantitative estimate of drug-likeness (QED) is 0.793. The maximum Gasteiger partial charge on any atom is 0.223 e. The third kappa shape index (κ3) is 4.54. The molecule has 0 atom stereocenters. The van der Waals surface area contributed by atoms with E-state index in [0.717, 1.165) is 39.0 Å². The number of Topliss-reactive ketones (excluding diaryl/α,β-unsaturated/α-hetero) is 1. The first-order valence-electron chi connectivity index (χ1n) is 8.88. The summed E-state index contributed by atoms with van der Waals surface area (Å²) in [5.41, 5.74) is 0.647. The molecule has 26 heavy (non-hydrogen) atoms. The number of hydrogen-bond donors (Lipinski definition) is 1. The van der Waals surface area contributed by atoms with E-state index in [1.165, 1.54) is 31.7 Å². The Morgan fingerprint density at radius 3 is 2.54 bits per heavy atom. The Balaban J connectivity index is 0.00000243. The van der Waals surface area contributed by atoms with Crippen LogP contribution in [0.15, 0.2) is 18.2 Å². The van der Waals surface area contributed by atoms with Crippen LogP contribution in [0.1, 0.15) is 42.5 Å². The Hall–Kier alpha value is -1.66. The van der Waals surface area contributed by atoms with Crippen molar-refractivity contribution in [2.75, 3.05) is 33.3 Å². The lowest BCUT2D eigenvalue weighted by atomic mass is 9.78. The van der Waals surface area contributed by atoms with Crippen LogP contribution in [-0.4, -0.2) is 49.9 Å². The Labute approximate surface area is 159 Å². The molecular weight excluding hydrogens is 359 g/mol. The number of amides is 1. The highest BCUT2D eigenvalue weighted by atomic mass is 35.5. The summed E-state index contributed by atoms with van der Waals surface area (Å²) in [6, 6.07) is 4.14. The van der Waals surface area contributed by atoms with E-state index in [4.69, 9.17) is 4.74 Å². The van der Waals surface area contributed by atoms with E-state index in [-0.39, 0.29) is 48.3 Å². The third-order valence-corrected chi connectivity index (χ3v) is 5.55. The van der Waals surface area contributed by atoms with Crippen LogP contribution in [0.5, 0.6) is 5.75 Å². The van der Waals surface area contributed by atoms with Crippen LogP contribution >= 0.6 is 12.4 Å². The molecule has 3 rings (SSSR count). The fraction of sp³-hybridized carbons (Fsp3) is 0.579. The number of carbonyl (C=O) groups is 2. The average Bonchev–Trinajstić information content (AvgIpc) is 3.08. The second-order valence-corrected chi connectivity index (χ2v) is 7.08. The average molecular weight is 385 g/mol. The molecule has 2 fully saturated rings. The molecule has 0 radical (unpaired) electrons. The summed E-state index contributed by atoms with van der Waals surface area (Å²) in [4.78, 5) is 26.4. The minimum Gasteiger partial charge on any atom is -0.494 e. The number of nitrogens with zero attached hydrogens (tertiary/aromatic N) is 1. The van der Waals surface area contributed by atoms with Gasteiger partial charge in [-0.1, -0.05) is 0 Å². The van der Waals surface area contributed by atoms with E-state index < -0.39 is 5.82 Å². The number of rotatable bonds is 5. The van der Waals surface area contributed by atoms with Gasteiger partial charge in [0.25, 0.3) is 0 Å². The molecule has 1 spiro atoms. The van der Waals surface area contributed by atoms with E-state index >= 15 is 0 Å². The molecule has 2 heterocycles. The van der Waals surface area contributed by atoms with Crippen LogP contribution in [0.4, 0.5) is 4.39 Å². The fourth-order valence-corrected chi connectivity index (χ4v) is 3.82. The Morgan fingerprint density at radius 2 is 1.96 bits per heavy atom. The number of ether oxygens (including phenoxy) is 1. The minimum absolute atomic E-state index is 0. The molecule has 2 saturated heterocycles. The highest BCUT2D eigenvalue weighted by Gasteiger charge is 2.37. The van der Waals surface area contributed by atoms with E-state index in [2.05, 4.69) is 5.32 Å². The van der Waals surface area contributed by atoms with Gasteiger partial charge in [0.2, 0.25) is 5.91 Å². The highest BCUT2D eigenvalue weighted by molar-refractivity contribution is 5.98. The topological polar surface area (TPSA) is 58.6 Å². The summed E-state index contributed by atoms with van der Waals surface area (Å²) in [5, 5.41) is 3.41. The molecule has 1 N–H and O–H groups in total. The van der Waals surface area contributed by atoms with Crippen LogP contribution in [0.2, 0.25) is 0 Å². The maximum absolute atomic E-state index is 13.7. The zero-order chi connectivity index (χ0) is 17.9. The molecule has 5 nitrogen and oxygen atoms in total. The number of ketones is 1. The van der Waals surface area contributed by atoms with Crippen molar-refractivity contribution >= 4 is 24.1 Å². The van der Waals surface area contributed by atoms with Gasteiger partial charge in [-0.25, -0.2) is 4.39 Å². The summed E-state index contributed by atoms with van der Waals surface area (Å²) < 4.78 is 18.5. The standard InChI is InChI=1S/C19H25FN2O3.ClH/c1-25-17-4-2-14(12-15(17)20)16(23)3-5-18(24)22-10-7-19(8-11-22)6-9-21-13-19;/h2,4,12,21H,3,5-11,13H2,1H3;1H. The Bertz CT molecular complexity index is 652. The summed E-state index contributed by atoms with van der Waals surface area (Å²) in [7, 11) is 1.38. The van der Waals surface area contributed by atoms with Gasteiger partial charge in [0.15, 0.2) is 17.3 Å². The normalized spacial score (nSPS) is 18.5. The van der Waals surface area contributed by atoms with Gasteiger partial charge in [0, 0.05) is 38.0 Å². The van der Waals surface area contributed by atoms with Gasteiger partial charge in [0.05, 0.1) is 7.11 Å². The zero-order valence-electron chi connectivity index (χ0n) is 15.1. The number of benzene rings is 1. The van der Waals surface area contributed by atoms with Gasteiger partial charge in [-0.15, -0.1) is 12.4 Å². The van der Waals surface area contributed by atoms with Crippen LogP contribution in [0.25, 0.3) is 0 Å². The summed E-state index contributed by atoms with van der Waals surface area (Å²) in [6.07, 6.45) is 3.54. The molecule has 0 aromatic heterocycles. The van der Waals surface area contributed by atoms with E-state index in [0.29, 0.717) is 5.41 Å². The zero-order valence-corrected chi connectivity index (χ0v) is 15.9. The number of halogens is 2. The van der Waals surface area contributed by atoms with Gasteiger partial charge in [-0.2, -0.15) is 0 Å². The number of likely N-dealkylation sites (tertiary alicyclic amines) is 1. The smallest absolute Gasteiger partial charge is 0.223 e. The highest BCUT2D eigenvalue weighted by Crippen LogP contribution is 2.37. The predicted octanol–water partition coefficient (Wildman–Crippen LogP) is 2.82. The van der Waals surface area contributed by atoms with Crippen molar-refractivity contribution < 1.29 is 18.7 Å². The summed E-state index contributed by atoms with van der Waals surface area (Å²) in [5.74, 6) is -0.658. The molecule has 2 aliphatic heterocycles. The molecule has 0 unspecified atom stereocenters. The monoisotopic (exact) mass is 384 g/mol. The van der Waals surface area contributed by atoms with Crippen LogP contribution < -0.4 is 10.1 Å². The lowest BCUT2D eigenvalue weighted by Gasteiger charge is -2.38. The van der Waals surface area contributed by atoms with Gasteiger partial charge < -0.3 is 15.0 Å². The molecule has 2 aliphatic rings. The fourth-order valence-electron chi connectivity index (χ4n) is 3.82. The molecule has 1 aromatic rings. The lowest BCUT2D eigenvalue weighted by molar-refractivity contribution is -0.133. The van der Waals surface area contributed by atoms with Crippen molar-refractivity contribution in [3.8, 4) is 5.75 Å². The third-order valence-electron chi connectivity index (χ3n) is 5.55. The molecule has 0 saturated carbocycles. The first kappa shape index (κ1) is 20.6. The van der Waals surface area contributed by atoms with Gasteiger partial charge in [-0.05, 0) is 49.4 Å². The SMILES string of the molecule is COc1ccc(C(=O)CCC(=O)N2CCC3(CCNC3)CC2)cc1F.Cl. The second-order valence-electron chi connectivity index (χ2n) is 7.08. The van der Waals surface area contributed by atoms with Crippen molar-refractivity contribution in [1.29, 1.82) is 0 Å². The van der Waals surface area contributed by atoms with Gasteiger partial charge in [0.1, 0.15) is 0 Å². The number of piperidine rings is 1. The van der Waals surface area contributed by atoms with Crippen molar-refractivity contribution in [3.05, 3.63) is 29.6 Å². The Kier molecular flexibility index (Phi) is 7.01. The lowest BCUT2D eigenvalue weighted by Crippen LogP contribution is -2.44. The van der Waals surface area contributed by atoms with Crippen LogP contribution in [-0.2, 0) is 4.79 Å². The molecule has 144 valence electrons. The number of nitrogens with one attached hydrogen (secondary N) is 1. The number of methoxy groups -OCH3 is 1. The van der Waals surface area contributed by atoms with Crippen LogP contribution in [0, 0.1) is 11.2 Å². The van der Waals surface area contributed by atoms with Gasteiger partial charge >= 0.3 is 0 Å². The van der Waals surface area contributed by atoms with E-state index in [1.54, 1.807) is 0 Å². The van der Waals surface area contributed by atoms with Crippen molar-refractivity contribution in [2.24, 2.45) is 5.41 Å². The first-order valence-corrected chi connectivity index (χ1v) is 8.88. The molecule has 0 aliphatic carbocycles. The number of carbonyl (C=O) groups excluding carboxylic acids is 2.